The van der Waals surface area contributed by atoms with Crippen molar-refractivity contribution < 1.29 is 19.1 Å². The minimum absolute atomic E-state index is 0.107. The van der Waals surface area contributed by atoms with Crippen LogP contribution in [-0.2, 0) is 14.3 Å². The highest BCUT2D eigenvalue weighted by molar-refractivity contribution is 6.31. The van der Waals surface area contributed by atoms with E-state index in [1.165, 1.54) is 0 Å². The molecule has 0 heterocycles. The number of nitrogens with one attached hydrogen (secondary N) is 3. The van der Waals surface area contributed by atoms with Crippen LogP contribution in [0.15, 0.2) is 70.1 Å². The van der Waals surface area contributed by atoms with Crippen LogP contribution in [0.2, 0.25) is 5.02 Å². The summed E-state index contributed by atoms with van der Waals surface area (Å²) in [4.78, 5) is 26.2. The fourth-order valence-corrected chi connectivity index (χ4v) is 4.51. The Morgan fingerprint density at radius 1 is 1.12 bits per heavy atom. The molecule has 1 fully saturated rings. The van der Waals surface area contributed by atoms with E-state index in [0.29, 0.717) is 40.7 Å². The Hall–Kier alpha value is -3.85. The summed E-state index contributed by atoms with van der Waals surface area (Å²) in [6.45, 7) is 9.52. The van der Waals surface area contributed by atoms with Crippen LogP contribution in [0, 0.1) is 11.8 Å². The minimum Gasteiger partial charge on any atom is -0.496 e. The molecule has 2 aromatic carbocycles. The van der Waals surface area contributed by atoms with E-state index >= 15 is 0 Å². The van der Waals surface area contributed by atoms with Gasteiger partial charge in [-0.1, -0.05) is 50.1 Å². The average Bonchev–Trinajstić information content (AvgIpc) is 2.99. The molecule has 3 N–H and O–H groups in total. The molecule has 2 amide bonds. The maximum absolute atomic E-state index is 13.2. The third-order valence-electron chi connectivity index (χ3n) is 6.42. The van der Waals surface area contributed by atoms with Gasteiger partial charge in [0.25, 0.3) is 5.91 Å². The summed E-state index contributed by atoms with van der Waals surface area (Å²) in [5.41, 5.74) is 1.97. The molecule has 1 aliphatic carbocycles. The van der Waals surface area contributed by atoms with Crippen LogP contribution in [0.25, 0.3) is 0 Å². The summed E-state index contributed by atoms with van der Waals surface area (Å²) in [6, 6.07) is 14.2. The lowest BCUT2D eigenvalue weighted by Crippen LogP contribution is -2.39. The van der Waals surface area contributed by atoms with Crippen molar-refractivity contribution in [1.82, 2.24) is 10.6 Å². The van der Waals surface area contributed by atoms with Gasteiger partial charge >= 0.3 is 0 Å². The second-order valence-electron chi connectivity index (χ2n) is 8.99. The number of carbonyl (C=O) groups excluding carboxylic acids is 2. The standard InChI is InChI=1S/C28H34ClN5O4.C2H6/c1-18(30-2)25(27(36)32-22-11-6-5-7-12-22)33-26(35)20-10-8-9-19(15-20)17-38-28(34-31-3)23-16-21(29)13-14-24(23)37-4;1-2/h5-7,11-14,16,19-20,30H,3,8-10,15,17H2,1-2,4H3,(H,32,36)(H,33,35);1-2H3/b25-18+,34-28-;/t19-,20?;/m0./s1. The Labute approximate surface area is 242 Å². The number of amides is 2. The number of hydrogen-bond acceptors (Lipinski definition) is 7. The van der Waals surface area contributed by atoms with Gasteiger partial charge in [0, 0.05) is 36.1 Å². The molecule has 0 aromatic heterocycles. The first-order chi connectivity index (χ1) is 19.4. The molecule has 0 radical (unpaired) electrons. The number of hydrogen-bond donors (Lipinski definition) is 3. The van der Waals surface area contributed by atoms with E-state index in [4.69, 9.17) is 21.1 Å². The van der Waals surface area contributed by atoms with Crippen LogP contribution < -0.4 is 20.7 Å². The molecule has 3 rings (SSSR count). The Morgan fingerprint density at radius 3 is 2.50 bits per heavy atom. The van der Waals surface area contributed by atoms with Crippen LogP contribution in [-0.4, -0.2) is 45.2 Å². The third-order valence-corrected chi connectivity index (χ3v) is 6.65. The first kappa shape index (κ1) is 32.4. The van der Waals surface area contributed by atoms with Crippen molar-refractivity contribution in [2.45, 2.75) is 46.5 Å². The Morgan fingerprint density at radius 2 is 1.85 bits per heavy atom. The SMILES string of the molecule is C=N/N=C(\OC[C@H]1CCCC(C(=O)N/C(C(=O)Nc2ccccc2)=C(\C)NC)C1)c1cc(Cl)ccc1OC.CC. The predicted octanol–water partition coefficient (Wildman–Crippen LogP) is 5.77. The number of nitrogens with zero attached hydrogens (tertiary/aromatic N) is 2. The van der Waals surface area contributed by atoms with Crippen molar-refractivity contribution in [3.63, 3.8) is 0 Å². The number of anilines is 1. The lowest BCUT2D eigenvalue weighted by Gasteiger charge is -2.29. The topological polar surface area (TPSA) is 113 Å². The Bertz CT molecular complexity index is 1200. The summed E-state index contributed by atoms with van der Waals surface area (Å²) < 4.78 is 11.5. The molecule has 2 aromatic rings. The number of benzene rings is 2. The van der Waals surface area contributed by atoms with Crippen LogP contribution in [0.5, 0.6) is 5.75 Å². The zero-order valence-electron chi connectivity index (χ0n) is 23.9. The van der Waals surface area contributed by atoms with E-state index in [1.807, 2.05) is 32.0 Å². The number of halogens is 1. The minimum atomic E-state index is -0.389. The van der Waals surface area contributed by atoms with Gasteiger partial charge in [0.05, 0.1) is 19.3 Å². The van der Waals surface area contributed by atoms with Crippen molar-refractivity contribution in [3.8, 4) is 5.75 Å². The zero-order valence-corrected chi connectivity index (χ0v) is 24.7. The number of para-hydroxylation sites is 1. The van der Waals surface area contributed by atoms with Gasteiger partial charge in [-0.25, -0.2) is 0 Å². The van der Waals surface area contributed by atoms with Gasteiger partial charge in [-0.3, -0.25) is 9.59 Å². The number of allylic oxidation sites excluding steroid dienone is 1. The lowest BCUT2D eigenvalue weighted by atomic mass is 9.81. The normalized spacial score (nSPS) is 17.3. The van der Waals surface area contributed by atoms with Gasteiger partial charge in [0.2, 0.25) is 11.8 Å². The van der Waals surface area contributed by atoms with E-state index in [2.05, 4.69) is 32.9 Å². The molecule has 0 spiro atoms. The number of ether oxygens (including phenoxy) is 2. The first-order valence-corrected chi connectivity index (χ1v) is 13.8. The van der Waals surface area contributed by atoms with Crippen molar-refractivity contribution in [3.05, 3.63) is 70.5 Å². The van der Waals surface area contributed by atoms with E-state index in [-0.39, 0.29) is 35.2 Å². The van der Waals surface area contributed by atoms with Crippen molar-refractivity contribution in [2.75, 3.05) is 26.1 Å². The summed E-state index contributed by atoms with van der Waals surface area (Å²) in [5.74, 6) is 0.0564. The maximum Gasteiger partial charge on any atom is 0.273 e. The summed E-state index contributed by atoms with van der Waals surface area (Å²) in [7, 11) is 3.26. The molecule has 9 nitrogen and oxygen atoms in total. The molecule has 0 aliphatic heterocycles. The average molecular weight is 570 g/mol. The van der Waals surface area contributed by atoms with Crippen LogP contribution in [0.3, 0.4) is 0 Å². The van der Waals surface area contributed by atoms with E-state index in [1.54, 1.807) is 51.4 Å². The third kappa shape index (κ3) is 9.41. The van der Waals surface area contributed by atoms with Gasteiger partial charge in [0.1, 0.15) is 11.4 Å². The number of carbonyl (C=O) groups is 2. The zero-order chi connectivity index (χ0) is 29.5. The number of rotatable bonds is 10. The fraction of sp³-hybridized carbons (Fsp3) is 0.400. The highest BCUT2D eigenvalue weighted by Crippen LogP contribution is 2.31. The van der Waals surface area contributed by atoms with Crippen LogP contribution in [0.1, 0.15) is 52.0 Å². The van der Waals surface area contributed by atoms with Crippen LogP contribution >= 0.6 is 11.6 Å². The molecule has 0 saturated heterocycles. The smallest absolute Gasteiger partial charge is 0.273 e. The van der Waals surface area contributed by atoms with Crippen molar-refractivity contribution in [1.29, 1.82) is 0 Å². The molecule has 40 heavy (non-hydrogen) atoms. The molecule has 0 bridgehead atoms. The Kier molecular flexibility index (Phi) is 13.7. The quantitative estimate of drug-likeness (QED) is 0.146. The second-order valence-corrected chi connectivity index (χ2v) is 9.43. The molecule has 10 heteroatoms. The molecule has 1 unspecified atom stereocenters. The highest BCUT2D eigenvalue weighted by Gasteiger charge is 2.30. The van der Waals surface area contributed by atoms with Gasteiger partial charge in [-0.2, -0.15) is 5.10 Å². The summed E-state index contributed by atoms with van der Waals surface area (Å²) in [6.07, 6.45) is 3.10. The first-order valence-electron chi connectivity index (χ1n) is 13.4. The molecule has 1 saturated carbocycles. The van der Waals surface area contributed by atoms with E-state index < -0.39 is 0 Å². The van der Waals surface area contributed by atoms with Gasteiger partial charge in [0.15, 0.2) is 0 Å². The maximum atomic E-state index is 13.2. The molecule has 1 aliphatic rings. The predicted molar refractivity (Wildman–Crippen MR) is 162 cm³/mol. The Balaban J connectivity index is 0.00000274. The molecule has 2 atom stereocenters. The second kappa shape index (κ2) is 17.0. The van der Waals surface area contributed by atoms with Gasteiger partial charge in [-0.05, 0) is 62.4 Å². The van der Waals surface area contributed by atoms with Gasteiger partial charge < -0.3 is 25.4 Å². The molecule has 216 valence electrons. The monoisotopic (exact) mass is 569 g/mol. The fourth-order valence-electron chi connectivity index (χ4n) is 4.34. The van der Waals surface area contributed by atoms with Crippen molar-refractivity contribution >= 4 is 41.7 Å². The van der Waals surface area contributed by atoms with E-state index in [0.717, 1.165) is 19.3 Å². The number of methoxy groups -OCH3 is 1. The molecular formula is C30H40ClN5O4. The largest absolute Gasteiger partial charge is 0.496 e. The van der Waals surface area contributed by atoms with Crippen LogP contribution in [0.4, 0.5) is 5.69 Å². The van der Waals surface area contributed by atoms with E-state index in [9.17, 15) is 9.59 Å². The molecular weight excluding hydrogens is 530 g/mol. The van der Waals surface area contributed by atoms with Crippen molar-refractivity contribution in [2.24, 2.45) is 22.0 Å². The summed E-state index contributed by atoms with van der Waals surface area (Å²) in [5, 5.41) is 16.8. The highest BCUT2D eigenvalue weighted by atomic mass is 35.5. The lowest BCUT2D eigenvalue weighted by molar-refractivity contribution is -0.127. The summed E-state index contributed by atoms with van der Waals surface area (Å²) >= 11 is 6.17. The van der Waals surface area contributed by atoms with Gasteiger partial charge in [-0.15, -0.1) is 5.10 Å².